The number of nitrogens with one attached hydrogen (secondary N) is 1. The number of benzene rings is 2. The number of anilines is 1. The van der Waals surface area contributed by atoms with Crippen molar-refractivity contribution >= 4 is 11.7 Å². The van der Waals surface area contributed by atoms with Crippen LogP contribution in [0.5, 0.6) is 0 Å². The van der Waals surface area contributed by atoms with E-state index in [1.165, 1.54) is 6.07 Å². The van der Waals surface area contributed by atoms with Crippen LogP contribution in [0.1, 0.15) is 29.7 Å². The fraction of sp³-hybridized carbons (Fsp3) is 0.235. The van der Waals surface area contributed by atoms with Crippen molar-refractivity contribution in [1.82, 2.24) is 5.43 Å². The van der Waals surface area contributed by atoms with Crippen LogP contribution >= 0.6 is 0 Å². The molecule has 124 valence electrons. The van der Waals surface area contributed by atoms with Gasteiger partial charge in [0.2, 0.25) is 0 Å². The van der Waals surface area contributed by atoms with Gasteiger partial charge < -0.3 is 5.73 Å². The van der Waals surface area contributed by atoms with Crippen LogP contribution in [0, 0.1) is 12.7 Å². The first-order chi connectivity index (χ1) is 11.4. The van der Waals surface area contributed by atoms with Gasteiger partial charge in [0.05, 0.1) is 5.22 Å². The third kappa shape index (κ3) is 2.63. The summed E-state index contributed by atoms with van der Waals surface area (Å²) < 4.78 is 13.8. The van der Waals surface area contributed by atoms with Crippen LogP contribution in [0.15, 0.2) is 52.9 Å². The van der Waals surface area contributed by atoms with E-state index in [-0.39, 0.29) is 23.0 Å². The SMILES string of the molecule is Cc1cc(C[N+]2(C(C)c3ccccc3F)N=NNC2=O)ccc1N. The highest BCUT2D eigenvalue weighted by Crippen LogP contribution is 2.36. The average molecular weight is 328 g/mol. The average Bonchev–Trinajstić information content (AvgIpc) is 2.92. The summed E-state index contributed by atoms with van der Waals surface area (Å²) in [6, 6.07) is 11.0. The van der Waals surface area contributed by atoms with Gasteiger partial charge in [0.15, 0.2) is 6.04 Å². The quantitative estimate of drug-likeness (QED) is 0.661. The number of carbonyl (C=O) groups excluding carboxylic acids is 1. The molecule has 2 atom stereocenters. The number of nitrogen functional groups attached to an aromatic ring is 1. The van der Waals surface area contributed by atoms with Gasteiger partial charge in [-0.3, -0.25) is 0 Å². The van der Waals surface area contributed by atoms with E-state index in [9.17, 15) is 9.18 Å². The van der Waals surface area contributed by atoms with Gasteiger partial charge >= 0.3 is 6.03 Å². The molecule has 0 saturated carbocycles. The number of rotatable bonds is 4. The minimum absolute atomic E-state index is 0.256. The molecule has 2 amide bonds. The summed E-state index contributed by atoms with van der Waals surface area (Å²) in [5, 5.41) is 7.80. The first-order valence-electron chi connectivity index (χ1n) is 7.64. The van der Waals surface area contributed by atoms with Crippen molar-refractivity contribution in [1.29, 1.82) is 0 Å². The van der Waals surface area contributed by atoms with Crippen molar-refractivity contribution in [3.63, 3.8) is 0 Å². The smallest absolute Gasteiger partial charge is 0.399 e. The zero-order valence-electron chi connectivity index (χ0n) is 13.5. The van der Waals surface area contributed by atoms with E-state index in [2.05, 4.69) is 15.9 Å². The minimum Gasteiger partial charge on any atom is -0.399 e. The fourth-order valence-corrected chi connectivity index (χ4v) is 2.92. The summed E-state index contributed by atoms with van der Waals surface area (Å²) in [7, 11) is 0. The van der Waals surface area contributed by atoms with Gasteiger partial charge in [-0.15, -0.1) is 0 Å². The number of nitrogens with two attached hydrogens (primary N) is 1. The lowest BCUT2D eigenvalue weighted by atomic mass is 10.0. The van der Waals surface area contributed by atoms with E-state index in [1.54, 1.807) is 31.2 Å². The van der Waals surface area contributed by atoms with Gasteiger partial charge in [-0.05, 0) is 42.8 Å². The largest absolute Gasteiger partial charge is 0.467 e. The second kappa shape index (κ2) is 6.01. The lowest BCUT2D eigenvalue weighted by Gasteiger charge is -2.29. The van der Waals surface area contributed by atoms with E-state index in [4.69, 9.17) is 5.73 Å². The monoisotopic (exact) mass is 328 g/mol. The molecule has 0 spiro atoms. The molecule has 24 heavy (non-hydrogen) atoms. The second-order valence-electron chi connectivity index (χ2n) is 5.98. The van der Waals surface area contributed by atoms with Gasteiger partial charge in [0.25, 0.3) is 0 Å². The van der Waals surface area contributed by atoms with E-state index in [0.29, 0.717) is 11.3 Å². The van der Waals surface area contributed by atoms with Crippen molar-refractivity contribution in [2.75, 3.05) is 5.73 Å². The molecule has 0 fully saturated rings. The van der Waals surface area contributed by atoms with Crippen molar-refractivity contribution in [2.24, 2.45) is 10.4 Å². The molecule has 0 bridgehead atoms. The Hall–Kier alpha value is -2.80. The Balaban J connectivity index is 2.02. The molecule has 7 heteroatoms. The second-order valence-corrected chi connectivity index (χ2v) is 5.98. The lowest BCUT2D eigenvalue weighted by molar-refractivity contribution is -0.898. The zero-order valence-corrected chi connectivity index (χ0v) is 13.5. The van der Waals surface area contributed by atoms with Crippen molar-refractivity contribution < 1.29 is 13.8 Å². The maximum atomic E-state index is 14.2. The van der Waals surface area contributed by atoms with Crippen LogP contribution in [-0.4, -0.2) is 10.6 Å². The number of urea groups is 1. The summed E-state index contributed by atoms with van der Waals surface area (Å²) in [6.07, 6.45) is 0. The highest BCUT2D eigenvalue weighted by Gasteiger charge is 2.49. The Bertz CT molecular complexity index is 822. The highest BCUT2D eigenvalue weighted by molar-refractivity contribution is 5.67. The Morgan fingerprint density at radius 3 is 2.67 bits per heavy atom. The summed E-state index contributed by atoms with van der Waals surface area (Å²) >= 11 is 0. The predicted molar refractivity (Wildman–Crippen MR) is 87.8 cm³/mol. The molecule has 0 aromatic heterocycles. The molecule has 2 aromatic rings. The highest BCUT2D eigenvalue weighted by atomic mass is 19.1. The summed E-state index contributed by atoms with van der Waals surface area (Å²) in [6.45, 7) is 3.92. The summed E-state index contributed by atoms with van der Waals surface area (Å²) in [5.41, 5.74) is 11.1. The Kier molecular flexibility index (Phi) is 4.02. The van der Waals surface area contributed by atoms with Gasteiger partial charge in [0, 0.05) is 16.8 Å². The molecule has 6 nitrogen and oxygen atoms in total. The van der Waals surface area contributed by atoms with Crippen LogP contribution in [0.25, 0.3) is 0 Å². The van der Waals surface area contributed by atoms with Crippen molar-refractivity contribution in [2.45, 2.75) is 26.4 Å². The minimum atomic E-state index is -0.532. The first-order valence-corrected chi connectivity index (χ1v) is 7.64. The summed E-state index contributed by atoms with van der Waals surface area (Å²) in [4.78, 5) is 12.5. The van der Waals surface area contributed by atoms with Gasteiger partial charge in [0.1, 0.15) is 12.4 Å². The first kappa shape index (κ1) is 16.1. The number of quaternary nitrogens is 1. The van der Waals surface area contributed by atoms with Gasteiger partial charge in [-0.1, -0.05) is 28.9 Å². The molecule has 1 aliphatic rings. The molecular formula is C17H19FN5O+. The Morgan fingerprint density at radius 2 is 2.04 bits per heavy atom. The molecule has 1 aliphatic heterocycles. The van der Waals surface area contributed by atoms with Gasteiger partial charge in [-0.25, -0.2) is 9.18 Å². The van der Waals surface area contributed by atoms with Crippen LogP contribution in [0.3, 0.4) is 0 Å². The van der Waals surface area contributed by atoms with Crippen molar-refractivity contribution in [3.05, 3.63) is 65.0 Å². The number of halogens is 1. The molecule has 0 aliphatic carbocycles. The topological polar surface area (TPSA) is 79.8 Å². The molecule has 0 radical (unpaired) electrons. The Labute approximate surface area is 139 Å². The molecule has 3 N–H and O–H groups in total. The molecule has 2 aromatic carbocycles. The maximum absolute atomic E-state index is 14.2. The van der Waals surface area contributed by atoms with E-state index in [1.807, 2.05) is 19.1 Å². The van der Waals surface area contributed by atoms with E-state index >= 15 is 0 Å². The maximum Gasteiger partial charge on any atom is 0.467 e. The molecule has 3 rings (SSSR count). The van der Waals surface area contributed by atoms with Gasteiger partial charge in [-0.2, -0.15) is 5.43 Å². The lowest BCUT2D eigenvalue weighted by Crippen LogP contribution is -2.49. The van der Waals surface area contributed by atoms with E-state index in [0.717, 1.165) is 11.1 Å². The molecule has 0 saturated heterocycles. The van der Waals surface area contributed by atoms with Crippen LogP contribution in [0.2, 0.25) is 0 Å². The normalized spacial score (nSPS) is 20.9. The fourth-order valence-electron chi connectivity index (χ4n) is 2.92. The third-order valence-corrected chi connectivity index (χ3v) is 4.46. The number of amides is 2. The van der Waals surface area contributed by atoms with Crippen molar-refractivity contribution in [3.8, 4) is 0 Å². The molecular weight excluding hydrogens is 309 g/mol. The number of nitrogens with zero attached hydrogens (tertiary/aromatic N) is 3. The Morgan fingerprint density at radius 1 is 1.29 bits per heavy atom. The zero-order chi connectivity index (χ0) is 17.3. The molecule has 1 heterocycles. The van der Waals surface area contributed by atoms with E-state index < -0.39 is 6.04 Å². The summed E-state index contributed by atoms with van der Waals surface area (Å²) in [5.74, 6) is -0.370. The van der Waals surface area contributed by atoms with Crippen LogP contribution in [-0.2, 0) is 6.54 Å². The third-order valence-electron chi connectivity index (χ3n) is 4.46. The van der Waals surface area contributed by atoms with Crippen LogP contribution in [0.4, 0.5) is 14.9 Å². The number of carbonyl (C=O) groups is 1. The standard InChI is InChI=1S/C17H18FN5O/c1-11-9-13(7-8-16(11)19)10-23(17(24)20-21-22-23)12(2)14-5-3-4-6-15(14)18/h3-9,12H,10,19H2,1-2H3/p+1. The number of hydrogen-bond acceptors (Lipinski definition) is 4. The predicted octanol–water partition coefficient (Wildman–Crippen LogP) is 3.80. The van der Waals surface area contributed by atoms with Crippen LogP contribution < -0.4 is 11.2 Å². The molecule has 2 unspecified atom stereocenters. The number of aryl methyl sites for hydroxylation is 1. The number of hydrogen-bond donors (Lipinski definition) is 2.